The van der Waals surface area contributed by atoms with Crippen LogP contribution < -0.4 is 5.32 Å². The van der Waals surface area contributed by atoms with Crippen LogP contribution in [0.4, 0.5) is 0 Å². The molecule has 1 saturated carbocycles. The molecule has 1 aliphatic rings. The molecule has 4 nitrogen and oxygen atoms in total. The van der Waals surface area contributed by atoms with Crippen LogP contribution in [0.3, 0.4) is 0 Å². The molecule has 15 heavy (non-hydrogen) atoms. The number of Topliss-reactive ketones (excluding diaryl/α,β-unsaturated/α-hetero) is 1. The van der Waals surface area contributed by atoms with Gasteiger partial charge in [-0.2, -0.15) is 0 Å². The van der Waals surface area contributed by atoms with Gasteiger partial charge in [0.1, 0.15) is 5.78 Å². The van der Waals surface area contributed by atoms with Crippen LogP contribution in [0.15, 0.2) is 0 Å². The molecule has 0 saturated heterocycles. The fourth-order valence-electron chi connectivity index (χ4n) is 1.76. The van der Waals surface area contributed by atoms with Gasteiger partial charge in [0.25, 0.3) is 0 Å². The van der Waals surface area contributed by atoms with Crippen molar-refractivity contribution >= 4 is 11.7 Å². The van der Waals surface area contributed by atoms with E-state index in [1.807, 2.05) is 6.92 Å². The van der Waals surface area contributed by atoms with Gasteiger partial charge >= 0.3 is 0 Å². The summed E-state index contributed by atoms with van der Waals surface area (Å²) in [5.41, 5.74) is 0. The predicted molar refractivity (Wildman–Crippen MR) is 56.2 cm³/mol. The van der Waals surface area contributed by atoms with Crippen molar-refractivity contribution in [1.82, 2.24) is 5.32 Å². The number of amides is 1. The smallest absolute Gasteiger partial charge is 0.224 e. The lowest BCUT2D eigenvalue weighted by atomic mass is 9.83. The fourth-order valence-corrected chi connectivity index (χ4v) is 1.76. The molecular weight excluding hydrogens is 194 g/mol. The lowest BCUT2D eigenvalue weighted by molar-refractivity contribution is -0.138. The zero-order chi connectivity index (χ0) is 11.4. The van der Waals surface area contributed by atoms with E-state index in [9.17, 15) is 9.59 Å². The number of carbonyl (C=O) groups is 2. The molecule has 2 atom stereocenters. The van der Waals surface area contributed by atoms with Crippen molar-refractivity contribution in [1.29, 1.82) is 0 Å². The molecule has 1 aliphatic carbocycles. The summed E-state index contributed by atoms with van der Waals surface area (Å²) in [5.74, 6) is 0.320. The Labute approximate surface area is 90.0 Å². The molecule has 0 spiro atoms. The topological polar surface area (TPSA) is 66.4 Å². The molecule has 2 unspecified atom stereocenters. The van der Waals surface area contributed by atoms with Crippen LogP contribution in [0, 0.1) is 11.8 Å². The van der Waals surface area contributed by atoms with E-state index in [1.54, 1.807) is 6.92 Å². The minimum Gasteiger partial charge on any atom is -0.393 e. The van der Waals surface area contributed by atoms with Crippen LogP contribution in [0.1, 0.15) is 33.1 Å². The Bertz CT molecular complexity index is 242. The highest BCUT2D eigenvalue weighted by Gasteiger charge is 2.32. The lowest BCUT2D eigenvalue weighted by Gasteiger charge is -2.24. The summed E-state index contributed by atoms with van der Waals surface area (Å²) in [6.07, 6.45) is 1.15. The van der Waals surface area contributed by atoms with Crippen molar-refractivity contribution < 1.29 is 14.7 Å². The van der Waals surface area contributed by atoms with Crippen molar-refractivity contribution in [2.75, 3.05) is 6.54 Å². The maximum absolute atomic E-state index is 11.4. The highest BCUT2D eigenvalue weighted by molar-refractivity contribution is 5.96. The summed E-state index contributed by atoms with van der Waals surface area (Å²) < 4.78 is 0. The molecular formula is C11H19NO3. The molecule has 0 heterocycles. The predicted octanol–water partition coefficient (Wildman–Crippen LogP) is 0.489. The van der Waals surface area contributed by atoms with Gasteiger partial charge in [0.05, 0.1) is 12.0 Å². The Morgan fingerprint density at radius 1 is 1.53 bits per heavy atom. The maximum Gasteiger partial charge on any atom is 0.224 e. The summed E-state index contributed by atoms with van der Waals surface area (Å²) >= 11 is 0. The number of hydrogen-bond acceptors (Lipinski definition) is 3. The van der Waals surface area contributed by atoms with Crippen molar-refractivity contribution in [2.45, 2.75) is 39.2 Å². The van der Waals surface area contributed by atoms with Crippen molar-refractivity contribution in [3.63, 3.8) is 0 Å². The third-order valence-corrected chi connectivity index (χ3v) is 2.69. The van der Waals surface area contributed by atoms with Gasteiger partial charge in [-0.1, -0.05) is 6.92 Å². The Morgan fingerprint density at radius 3 is 2.60 bits per heavy atom. The van der Waals surface area contributed by atoms with E-state index >= 15 is 0 Å². The summed E-state index contributed by atoms with van der Waals surface area (Å²) in [7, 11) is 0. The van der Waals surface area contributed by atoms with Crippen molar-refractivity contribution in [3.8, 4) is 0 Å². The van der Waals surface area contributed by atoms with Gasteiger partial charge in [0, 0.05) is 19.4 Å². The molecule has 0 aromatic heterocycles. The Balaban J connectivity index is 2.14. The monoisotopic (exact) mass is 213 g/mol. The average molecular weight is 213 g/mol. The Hall–Kier alpha value is -0.900. The van der Waals surface area contributed by atoms with Crippen LogP contribution in [-0.2, 0) is 9.59 Å². The maximum atomic E-state index is 11.4. The van der Waals surface area contributed by atoms with E-state index in [0.717, 1.165) is 0 Å². The van der Waals surface area contributed by atoms with Gasteiger partial charge < -0.3 is 10.4 Å². The molecule has 0 aromatic carbocycles. The quantitative estimate of drug-likeness (QED) is 0.698. The standard InChI is InChI=1S/C11H19NO3/c1-7(3-8(2)13)6-12-11(15)9-4-10(14)5-9/h7-9,13H,3-6H2,1-2H3,(H,12,15). The van der Waals surface area contributed by atoms with E-state index in [-0.39, 0.29) is 29.6 Å². The zero-order valence-corrected chi connectivity index (χ0v) is 9.32. The third-order valence-electron chi connectivity index (χ3n) is 2.69. The SMILES string of the molecule is CC(O)CC(C)CNC(=O)C1CC(=O)C1. The van der Waals surface area contributed by atoms with Crippen LogP contribution in [0.2, 0.25) is 0 Å². The van der Waals surface area contributed by atoms with Crippen LogP contribution in [0.25, 0.3) is 0 Å². The number of carbonyl (C=O) groups excluding carboxylic acids is 2. The summed E-state index contributed by atoms with van der Waals surface area (Å²) in [6, 6.07) is 0. The van der Waals surface area contributed by atoms with Gasteiger partial charge in [-0.15, -0.1) is 0 Å². The Morgan fingerprint density at radius 2 is 2.13 bits per heavy atom. The highest BCUT2D eigenvalue weighted by Crippen LogP contribution is 2.22. The highest BCUT2D eigenvalue weighted by atomic mass is 16.3. The Kier molecular flexibility index (Phi) is 4.27. The second-order valence-electron chi connectivity index (χ2n) is 4.58. The first-order valence-corrected chi connectivity index (χ1v) is 5.46. The molecule has 1 fully saturated rings. The molecule has 86 valence electrons. The average Bonchev–Trinajstić information content (AvgIpc) is 2.08. The first-order chi connectivity index (χ1) is 6.99. The molecule has 2 N–H and O–H groups in total. The van der Waals surface area contributed by atoms with E-state index in [4.69, 9.17) is 5.11 Å². The second-order valence-corrected chi connectivity index (χ2v) is 4.58. The number of ketones is 1. The molecule has 1 rings (SSSR count). The molecule has 4 heteroatoms. The van der Waals surface area contributed by atoms with Gasteiger partial charge in [-0.25, -0.2) is 0 Å². The van der Waals surface area contributed by atoms with E-state index in [0.29, 0.717) is 25.8 Å². The van der Waals surface area contributed by atoms with Crippen LogP contribution >= 0.6 is 0 Å². The first-order valence-electron chi connectivity index (χ1n) is 5.46. The van der Waals surface area contributed by atoms with Crippen LogP contribution in [0.5, 0.6) is 0 Å². The minimum absolute atomic E-state index is 0.0213. The molecule has 0 radical (unpaired) electrons. The molecule has 0 aliphatic heterocycles. The zero-order valence-electron chi connectivity index (χ0n) is 9.32. The lowest BCUT2D eigenvalue weighted by Crippen LogP contribution is -2.40. The fraction of sp³-hybridized carbons (Fsp3) is 0.818. The summed E-state index contributed by atoms with van der Waals surface area (Å²) in [4.78, 5) is 22.1. The molecule has 1 amide bonds. The number of hydrogen-bond donors (Lipinski definition) is 2. The van der Waals surface area contributed by atoms with Crippen LogP contribution in [-0.4, -0.2) is 29.4 Å². The van der Waals surface area contributed by atoms with E-state index in [2.05, 4.69) is 5.32 Å². The van der Waals surface area contributed by atoms with Gasteiger partial charge in [-0.05, 0) is 19.3 Å². The third kappa shape index (κ3) is 4.00. The van der Waals surface area contributed by atoms with Gasteiger partial charge in [0.15, 0.2) is 0 Å². The number of nitrogens with one attached hydrogen (secondary N) is 1. The number of rotatable bonds is 5. The van der Waals surface area contributed by atoms with E-state index < -0.39 is 0 Å². The minimum atomic E-state index is -0.331. The van der Waals surface area contributed by atoms with Gasteiger partial charge in [-0.3, -0.25) is 9.59 Å². The largest absolute Gasteiger partial charge is 0.393 e. The number of aliphatic hydroxyl groups excluding tert-OH is 1. The number of aliphatic hydroxyl groups is 1. The normalized spacial score (nSPS) is 20.6. The second kappa shape index (κ2) is 5.26. The molecule has 0 bridgehead atoms. The summed E-state index contributed by atoms with van der Waals surface area (Å²) in [5, 5.41) is 11.9. The van der Waals surface area contributed by atoms with Crippen molar-refractivity contribution in [3.05, 3.63) is 0 Å². The summed E-state index contributed by atoms with van der Waals surface area (Å²) in [6.45, 7) is 4.30. The van der Waals surface area contributed by atoms with E-state index in [1.165, 1.54) is 0 Å². The van der Waals surface area contributed by atoms with Gasteiger partial charge in [0.2, 0.25) is 5.91 Å². The van der Waals surface area contributed by atoms with Crippen molar-refractivity contribution in [2.24, 2.45) is 11.8 Å². The molecule has 0 aromatic rings. The first kappa shape index (κ1) is 12.2.